The second-order valence-electron chi connectivity index (χ2n) is 7.46. The zero-order valence-corrected chi connectivity index (χ0v) is 16.8. The second kappa shape index (κ2) is 8.87. The van der Waals surface area contributed by atoms with E-state index in [0.717, 1.165) is 29.9 Å². The Balaban J connectivity index is 1.50. The number of nitrogens with one attached hydrogen (secondary N) is 1. The lowest BCUT2D eigenvalue weighted by Gasteiger charge is -2.25. The number of amides is 3. The highest BCUT2D eigenvalue weighted by Gasteiger charge is 2.21. The summed E-state index contributed by atoms with van der Waals surface area (Å²) in [4.78, 5) is 32.2. The van der Waals surface area contributed by atoms with Crippen LogP contribution < -0.4 is 10.2 Å². The molecule has 0 radical (unpaired) electrons. The Labute approximate surface area is 166 Å². The normalized spacial score (nSPS) is 14.8. The van der Waals surface area contributed by atoms with E-state index in [2.05, 4.69) is 16.4 Å². The summed E-state index contributed by atoms with van der Waals surface area (Å²) in [5.74, 6) is 0.180. The third kappa shape index (κ3) is 4.88. The van der Waals surface area contributed by atoms with E-state index in [1.165, 1.54) is 5.56 Å². The van der Waals surface area contributed by atoms with E-state index in [9.17, 15) is 9.59 Å². The number of nitrogens with zero attached hydrogens (tertiary/aromatic N) is 3. The minimum Gasteiger partial charge on any atom is -0.334 e. The summed E-state index contributed by atoms with van der Waals surface area (Å²) >= 11 is 0. The number of aryl methyl sites for hydroxylation is 1. The van der Waals surface area contributed by atoms with Crippen molar-refractivity contribution in [3.05, 3.63) is 59.4 Å². The molecule has 1 aliphatic heterocycles. The molecule has 2 heterocycles. The molecule has 1 fully saturated rings. The van der Waals surface area contributed by atoms with Gasteiger partial charge in [0.2, 0.25) is 5.91 Å². The predicted molar refractivity (Wildman–Crippen MR) is 110 cm³/mol. The van der Waals surface area contributed by atoms with Crippen LogP contribution in [0.5, 0.6) is 0 Å². The molecule has 0 aliphatic carbocycles. The topological polar surface area (TPSA) is 65.5 Å². The van der Waals surface area contributed by atoms with Gasteiger partial charge in [-0.25, -0.2) is 4.79 Å². The largest absolute Gasteiger partial charge is 0.334 e. The van der Waals surface area contributed by atoms with Crippen molar-refractivity contribution >= 4 is 17.6 Å². The minimum absolute atomic E-state index is 0.0397. The maximum Gasteiger partial charge on any atom is 0.317 e. The maximum atomic E-state index is 12.5. The fourth-order valence-electron chi connectivity index (χ4n) is 3.37. The molecule has 1 N–H and O–H groups in total. The number of benzene rings is 1. The fraction of sp³-hybridized carbons (Fsp3) is 0.409. The van der Waals surface area contributed by atoms with Crippen LogP contribution in [0.1, 0.15) is 36.6 Å². The molecule has 1 aromatic carbocycles. The van der Waals surface area contributed by atoms with Gasteiger partial charge >= 0.3 is 6.03 Å². The first-order valence-electron chi connectivity index (χ1n) is 9.75. The molecule has 1 saturated heterocycles. The molecule has 28 heavy (non-hydrogen) atoms. The molecule has 0 spiro atoms. The standard InChI is InChI=1S/C22H28N4O2/c1-16-10-11-23-19(13-16)14-17(2)25(3)22(28)24-15-18-6-8-20(9-7-18)26-12-4-5-21(26)27/h6-11,13,17H,4-5,12,14-15H2,1-3H3,(H,24,28)/t17-/m0/s1. The number of urea groups is 1. The van der Waals surface area contributed by atoms with Gasteiger partial charge in [-0.1, -0.05) is 12.1 Å². The van der Waals surface area contributed by atoms with Gasteiger partial charge in [0.1, 0.15) is 0 Å². The summed E-state index contributed by atoms with van der Waals surface area (Å²) < 4.78 is 0. The quantitative estimate of drug-likeness (QED) is 0.836. The smallest absolute Gasteiger partial charge is 0.317 e. The highest BCUT2D eigenvalue weighted by atomic mass is 16.2. The predicted octanol–water partition coefficient (Wildman–Crippen LogP) is 3.29. The summed E-state index contributed by atoms with van der Waals surface area (Å²) in [6.07, 6.45) is 4.06. The van der Waals surface area contributed by atoms with Gasteiger partial charge in [0.15, 0.2) is 0 Å². The number of rotatable bonds is 6. The van der Waals surface area contributed by atoms with Gasteiger partial charge in [-0.15, -0.1) is 0 Å². The van der Waals surface area contributed by atoms with Crippen molar-refractivity contribution in [2.24, 2.45) is 0 Å². The Kier molecular flexibility index (Phi) is 6.29. The molecule has 1 aliphatic rings. The number of pyridine rings is 1. The zero-order valence-electron chi connectivity index (χ0n) is 16.8. The van der Waals surface area contributed by atoms with Crippen LogP contribution in [0.15, 0.2) is 42.6 Å². The van der Waals surface area contributed by atoms with Gasteiger partial charge in [0.25, 0.3) is 0 Å². The summed E-state index contributed by atoms with van der Waals surface area (Å²) in [6, 6.07) is 11.8. The summed E-state index contributed by atoms with van der Waals surface area (Å²) in [6.45, 7) is 5.29. The van der Waals surface area contributed by atoms with Crippen LogP contribution >= 0.6 is 0 Å². The molecule has 6 heteroatoms. The molecule has 6 nitrogen and oxygen atoms in total. The van der Waals surface area contributed by atoms with Crippen molar-refractivity contribution in [3.8, 4) is 0 Å². The number of carbonyl (C=O) groups is 2. The lowest BCUT2D eigenvalue weighted by molar-refractivity contribution is -0.117. The van der Waals surface area contributed by atoms with Gasteiger partial charge in [-0.3, -0.25) is 9.78 Å². The number of likely N-dealkylation sites (N-methyl/N-ethyl adjacent to an activating group) is 1. The Morgan fingerprint density at radius 1 is 1.29 bits per heavy atom. The van der Waals surface area contributed by atoms with E-state index >= 15 is 0 Å². The third-order valence-corrected chi connectivity index (χ3v) is 5.22. The zero-order chi connectivity index (χ0) is 20.1. The van der Waals surface area contributed by atoms with Crippen molar-refractivity contribution in [3.63, 3.8) is 0 Å². The van der Waals surface area contributed by atoms with E-state index in [1.54, 1.807) is 18.1 Å². The lowest BCUT2D eigenvalue weighted by atomic mass is 10.1. The van der Waals surface area contributed by atoms with E-state index in [1.807, 2.05) is 49.1 Å². The van der Waals surface area contributed by atoms with Crippen LogP contribution in [-0.4, -0.2) is 41.5 Å². The highest BCUT2D eigenvalue weighted by Crippen LogP contribution is 2.21. The first-order valence-corrected chi connectivity index (χ1v) is 9.75. The van der Waals surface area contributed by atoms with Crippen LogP contribution in [0.3, 0.4) is 0 Å². The molecular formula is C22H28N4O2. The molecule has 3 amide bonds. The molecule has 0 unspecified atom stereocenters. The first kappa shape index (κ1) is 19.9. The Bertz CT molecular complexity index is 835. The van der Waals surface area contributed by atoms with Crippen LogP contribution in [0, 0.1) is 6.92 Å². The lowest BCUT2D eigenvalue weighted by Crippen LogP contribution is -2.43. The summed E-state index contributed by atoms with van der Waals surface area (Å²) in [5, 5.41) is 2.96. The van der Waals surface area contributed by atoms with Crippen LogP contribution in [0.2, 0.25) is 0 Å². The van der Waals surface area contributed by atoms with Gasteiger partial charge in [-0.05, 0) is 55.7 Å². The van der Waals surface area contributed by atoms with Gasteiger partial charge in [0, 0.05) is 56.6 Å². The summed E-state index contributed by atoms with van der Waals surface area (Å²) in [7, 11) is 1.80. The third-order valence-electron chi connectivity index (χ3n) is 5.22. The first-order chi connectivity index (χ1) is 13.4. The number of aromatic nitrogens is 1. The second-order valence-corrected chi connectivity index (χ2v) is 7.46. The molecule has 1 atom stereocenters. The molecule has 0 saturated carbocycles. The van der Waals surface area contributed by atoms with Crippen LogP contribution in [0.25, 0.3) is 0 Å². The number of hydrogen-bond acceptors (Lipinski definition) is 3. The van der Waals surface area contributed by atoms with Crippen LogP contribution in [-0.2, 0) is 17.8 Å². The molecular weight excluding hydrogens is 352 g/mol. The van der Waals surface area contributed by atoms with Crippen molar-refractivity contribution in [1.29, 1.82) is 0 Å². The molecule has 2 aromatic rings. The Hall–Kier alpha value is -2.89. The highest BCUT2D eigenvalue weighted by molar-refractivity contribution is 5.95. The van der Waals surface area contributed by atoms with E-state index in [-0.39, 0.29) is 18.0 Å². The van der Waals surface area contributed by atoms with Gasteiger partial charge < -0.3 is 15.1 Å². The van der Waals surface area contributed by atoms with Gasteiger partial charge in [0.05, 0.1) is 0 Å². The average molecular weight is 380 g/mol. The number of carbonyl (C=O) groups excluding carboxylic acids is 2. The van der Waals surface area contributed by atoms with Crippen molar-refractivity contribution < 1.29 is 9.59 Å². The fourth-order valence-corrected chi connectivity index (χ4v) is 3.37. The van der Waals surface area contributed by atoms with E-state index in [0.29, 0.717) is 19.4 Å². The Morgan fingerprint density at radius 3 is 2.68 bits per heavy atom. The van der Waals surface area contributed by atoms with Crippen molar-refractivity contribution in [1.82, 2.24) is 15.2 Å². The Morgan fingerprint density at radius 2 is 2.04 bits per heavy atom. The minimum atomic E-state index is -0.112. The average Bonchev–Trinajstić information content (AvgIpc) is 3.11. The molecule has 1 aromatic heterocycles. The maximum absolute atomic E-state index is 12.5. The molecule has 3 rings (SSSR count). The van der Waals surface area contributed by atoms with Gasteiger partial charge in [-0.2, -0.15) is 0 Å². The van der Waals surface area contributed by atoms with Crippen molar-refractivity contribution in [2.75, 3.05) is 18.5 Å². The van der Waals surface area contributed by atoms with E-state index < -0.39 is 0 Å². The number of anilines is 1. The monoisotopic (exact) mass is 380 g/mol. The SMILES string of the molecule is Cc1ccnc(C[C@H](C)N(C)C(=O)NCc2ccc(N3CCCC3=O)cc2)c1. The molecule has 148 valence electrons. The van der Waals surface area contributed by atoms with Crippen LogP contribution in [0.4, 0.5) is 10.5 Å². The van der Waals surface area contributed by atoms with E-state index in [4.69, 9.17) is 0 Å². The number of hydrogen-bond donors (Lipinski definition) is 1. The van der Waals surface area contributed by atoms with Crippen molar-refractivity contribution in [2.45, 2.75) is 45.7 Å². The molecule has 0 bridgehead atoms. The summed E-state index contributed by atoms with van der Waals surface area (Å²) in [5.41, 5.74) is 4.08.